The molecule has 1 aromatic carbocycles. The minimum absolute atomic E-state index is 0.0213. The molecule has 2 aromatic rings. The van der Waals surface area contributed by atoms with E-state index >= 15 is 0 Å². The van der Waals surface area contributed by atoms with Crippen LogP contribution in [0.25, 0.3) is 0 Å². The van der Waals surface area contributed by atoms with Gasteiger partial charge in [-0.05, 0) is 62.4 Å². The van der Waals surface area contributed by atoms with Gasteiger partial charge in [-0.1, -0.05) is 12.1 Å². The molecule has 5 heteroatoms. The quantitative estimate of drug-likeness (QED) is 0.873. The summed E-state index contributed by atoms with van der Waals surface area (Å²) in [4.78, 5) is 19.2. The molecule has 130 valence electrons. The Kier molecular flexibility index (Phi) is 4.65. The first-order valence-electron chi connectivity index (χ1n) is 9.01. The number of carbonyl (C=O) groups excluding carboxylic acids is 1. The summed E-state index contributed by atoms with van der Waals surface area (Å²) in [5.74, 6) is 2.16. The Morgan fingerprint density at radius 1 is 1.20 bits per heavy atom. The highest BCUT2D eigenvalue weighted by atomic mass is 16.5. The standard InChI is InChI=1S/C20H23N3O2/c24-20(18-7-4-12-23(18)14-15-9-10-15)22-17-6-1-2-8-19(17)25-16-5-3-11-21-13-16/h1-3,5-6,8,11,13,15,18H,4,7,9-10,12,14H2,(H,22,24). The van der Waals surface area contributed by atoms with Crippen LogP contribution in [0.2, 0.25) is 0 Å². The summed E-state index contributed by atoms with van der Waals surface area (Å²) in [6.07, 6.45) is 8.02. The van der Waals surface area contributed by atoms with Gasteiger partial charge in [0.25, 0.3) is 0 Å². The van der Waals surface area contributed by atoms with E-state index in [0.717, 1.165) is 31.8 Å². The van der Waals surface area contributed by atoms with Gasteiger partial charge in [0, 0.05) is 12.7 Å². The van der Waals surface area contributed by atoms with Gasteiger partial charge < -0.3 is 10.1 Å². The molecule has 1 atom stereocenters. The third-order valence-electron chi connectivity index (χ3n) is 4.86. The van der Waals surface area contributed by atoms with E-state index in [4.69, 9.17) is 4.74 Å². The third kappa shape index (κ3) is 3.99. The molecule has 1 saturated heterocycles. The Labute approximate surface area is 148 Å². The van der Waals surface area contributed by atoms with Gasteiger partial charge in [-0.25, -0.2) is 0 Å². The fourth-order valence-electron chi connectivity index (χ4n) is 3.38. The van der Waals surface area contributed by atoms with E-state index in [2.05, 4.69) is 15.2 Å². The number of carbonyl (C=O) groups is 1. The number of para-hydroxylation sites is 2. The highest BCUT2D eigenvalue weighted by Crippen LogP contribution is 2.33. The van der Waals surface area contributed by atoms with Gasteiger partial charge in [0.1, 0.15) is 5.75 Å². The summed E-state index contributed by atoms with van der Waals surface area (Å²) in [6, 6.07) is 11.2. The number of nitrogens with one attached hydrogen (secondary N) is 1. The van der Waals surface area contributed by atoms with Gasteiger partial charge in [0.05, 0.1) is 17.9 Å². The summed E-state index contributed by atoms with van der Waals surface area (Å²) in [7, 11) is 0. The van der Waals surface area contributed by atoms with Crippen LogP contribution in [0.5, 0.6) is 11.5 Å². The molecule has 1 aliphatic carbocycles. The first-order valence-corrected chi connectivity index (χ1v) is 9.01. The number of nitrogens with zero attached hydrogens (tertiary/aromatic N) is 2. The largest absolute Gasteiger partial charge is 0.454 e. The normalized spacial score (nSPS) is 20.4. The smallest absolute Gasteiger partial charge is 0.241 e. The average Bonchev–Trinajstić information content (AvgIpc) is 3.32. The Hall–Kier alpha value is -2.40. The molecule has 5 nitrogen and oxygen atoms in total. The lowest BCUT2D eigenvalue weighted by atomic mass is 10.2. The Bertz CT molecular complexity index is 731. The number of aromatic nitrogens is 1. The van der Waals surface area contributed by atoms with Crippen molar-refractivity contribution in [3.05, 3.63) is 48.8 Å². The fourth-order valence-corrected chi connectivity index (χ4v) is 3.38. The van der Waals surface area contributed by atoms with Crippen LogP contribution >= 0.6 is 0 Å². The van der Waals surface area contributed by atoms with Crippen molar-refractivity contribution in [2.45, 2.75) is 31.7 Å². The molecule has 0 radical (unpaired) electrons. The maximum absolute atomic E-state index is 12.8. The van der Waals surface area contributed by atoms with Crippen molar-refractivity contribution in [2.24, 2.45) is 5.92 Å². The maximum Gasteiger partial charge on any atom is 0.241 e. The van der Waals surface area contributed by atoms with E-state index in [1.807, 2.05) is 36.4 Å². The number of hydrogen-bond donors (Lipinski definition) is 1. The maximum atomic E-state index is 12.8. The summed E-state index contributed by atoms with van der Waals surface area (Å²) in [5, 5.41) is 3.07. The zero-order valence-corrected chi connectivity index (χ0v) is 14.2. The van der Waals surface area contributed by atoms with Crippen LogP contribution in [-0.4, -0.2) is 34.9 Å². The van der Waals surface area contributed by atoms with Crippen LogP contribution in [0.1, 0.15) is 25.7 Å². The summed E-state index contributed by atoms with van der Waals surface area (Å²) in [6.45, 7) is 2.09. The van der Waals surface area contributed by atoms with Gasteiger partial charge in [-0.15, -0.1) is 0 Å². The molecule has 1 N–H and O–H groups in total. The molecule has 0 bridgehead atoms. The van der Waals surface area contributed by atoms with Crippen molar-refractivity contribution < 1.29 is 9.53 Å². The Morgan fingerprint density at radius 3 is 2.88 bits per heavy atom. The molecular formula is C20H23N3O2. The second kappa shape index (κ2) is 7.23. The number of ether oxygens (including phenoxy) is 1. The van der Waals surface area contributed by atoms with Crippen molar-refractivity contribution in [1.29, 1.82) is 0 Å². The monoisotopic (exact) mass is 337 g/mol. The highest BCUT2D eigenvalue weighted by molar-refractivity contribution is 5.96. The van der Waals surface area contributed by atoms with Crippen LogP contribution < -0.4 is 10.1 Å². The van der Waals surface area contributed by atoms with E-state index in [9.17, 15) is 4.79 Å². The minimum Gasteiger partial charge on any atom is -0.454 e. The molecule has 1 unspecified atom stereocenters. The van der Waals surface area contributed by atoms with Gasteiger partial charge in [0.2, 0.25) is 5.91 Å². The number of rotatable bonds is 6. The predicted octanol–water partition coefficient (Wildman–Crippen LogP) is 3.69. The fraction of sp³-hybridized carbons (Fsp3) is 0.400. The number of hydrogen-bond acceptors (Lipinski definition) is 4. The van der Waals surface area contributed by atoms with Crippen LogP contribution in [-0.2, 0) is 4.79 Å². The molecule has 1 aliphatic heterocycles. The van der Waals surface area contributed by atoms with Gasteiger partial charge >= 0.3 is 0 Å². The van der Waals surface area contributed by atoms with E-state index < -0.39 is 0 Å². The van der Waals surface area contributed by atoms with Crippen molar-refractivity contribution in [3.63, 3.8) is 0 Å². The predicted molar refractivity (Wildman–Crippen MR) is 96.7 cm³/mol. The summed E-state index contributed by atoms with van der Waals surface area (Å²) < 4.78 is 5.88. The second-order valence-electron chi connectivity index (χ2n) is 6.87. The number of amides is 1. The van der Waals surface area contributed by atoms with Crippen molar-refractivity contribution >= 4 is 11.6 Å². The molecule has 0 spiro atoms. The molecule has 1 aromatic heterocycles. The van der Waals surface area contributed by atoms with Crippen molar-refractivity contribution in [1.82, 2.24) is 9.88 Å². The van der Waals surface area contributed by atoms with Gasteiger partial charge in [0.15, 0.2) is 5.75 Å². The van der Waals surface area contributed by atoms with Gasteiger partial charge in [-0.3, -0.25) is 14.7 Å². The minimum atomic E-state index is -0.0213. The Balaban J connectivity index is 1.45. The topological polar surface area (TPSA) is 54.5 Å². The number of likely N-dealkylation sites (tertiary alicyclic amines) is 1. The van der Waals surface area contributed by atoms with Crippen LogP contribution in [0.4, 0.5) is 5.69 Å². The van der Waals surface area contributed by atoms with E-state index in [0.29, 0.717) is 17.2 Å². The van der Waals surface area contributed by atoms with E-state index in [1.165, 1.54) is 12.8 Å². The molecule has 2 heterocycles. The van der Waals surface area contributed by atoms with E-state index in [1.54, 1.807) is 12.4 Å². The van der Waals surface area contributed by atoms with Crippen LogP contribution in [0.15, 0.2) is 48.8 Å². The third-order valence-corrected chi connectivity index (χ3v) is 4.86. The Morgan fingerprint density at radius 2 is 2.08 bits per heavy atom. The molecule has 2 aliphatic rings. The summed E-state index contributed by atoms with van der Waals surface area (Å²) in [5.41, 5.74) is 0.703. The van der Waals surface area contributed by atoms with Crippen molar-refractivity contribution in [3.8, 4) is 11.5 Å². The lowest BCUT2D eigenvalue weighted by Gasteiger charge is -2.24. The van der Waals surface area contributed by atoms with Gasteiger partial charge in [-0.2, -0.15) is 0 Å². The molecule has 4 rings (SSSR count). The molecule has 2 fully saturated rings. The molecule has 1 saturated carbocycles. The average molecular weight is 337 g/mol. The lowest BCUT2D eigenvalue weighted by molar-refractivity contribution is -0.120. The highest BCUT2D eigenvalue weighted by Gasteiger charge is 2.34. The SMILES string of the molecule is O=C(Nc1ccccc1Oc1cccnc1)C1CCCN1CC1CC1. The molecule has 1 amide bonds. The molecular weight excluding hydrogens is 314 g/mol. The first-order chi connectivity index (χ1) is 12.3. The van der Waals surface area contributed by atoms with Crippen LogP contribution in [0, 0.1) is 5.92 Å². The molecule has 25 heavy (non-hydrogen) atoms. The number of pyridine rings is 1. The van der Waals surface area contributed by atoms with E-state index in [-0.39, 0.29) is 11.9 Å². The zero-order valence-electron chi connectivity index (χ0n) is 14.2. The second-order valence-corrected chi connectivity index (χ2v) is 6.87. The zero-order chi connectivity index (χ0) is 17.1. The first kappa shape index (κ1) is 16.1. The lowest BCUT2D eigenvalue weighted by Crippen LogP contribution is -2.40. The van der Waals surface area contributed by atoms with Crippen molar-refractivity contribution in [2.75, 3.05) is 18.4 Å². The number of anilines is 1. The summed E-state index contributed by atoms with van der Waals surface area (Å²) >= 11 is 0. The van der Waals surface area contributed by atoms with Crippen LogP contribution in [0.3, 0.4) is 0 Å². The number of benzene rings is 1.